The topological polar surface area (TPSA) is 415 Å². The molecule has 5 aliphatic rings. The number of aliphatic hydroxyl groups excluding tert-OH is 12. The number of Topliss-reactive ketones (excluding diaryl/α,β-unsaturated/α-hetero) is 2. The number of aliphatic hydroxyl groups is 12. The second-order valence-electron chi connectivity index (χ2n) is 28.0. The largest absolute Gasteiger partial charge is 1.00 e. The Morgan fingerprint density at radius 1 is 0.602 bits per heavy atom. The molecule has 5 aliphatic heterocycles. The molecule has 5 fully saturated rings. The van der Waals surface area contributed by atoms with Gasteiger partial charge in [-0.15, -0.1) is 6.58 Å². The van der Waals surface area contributed by atoms with Crippen molar-refractivity contribution in [3.8, 4) is 0 Å². The van der Waals surface area contributed by atoms with Crippen LogP contribution in [0.25, 0.3) is 0 Å². The molecule has 0 aromatic rings. The van der Waals surface area contributed by atoms with Crippen LogP contribution in [-0.4, -0.2) is 240 Å². The maximum absolute atomic E-state index is 13.2. The first-order valence-corrected chi connectivity index (χ1v) is 37.0. The molecule has 560 valence electrons. The Balaban J connectivity index is 0.0000204. The Labute approximate surface area is 603 Å². The zero-order valence-corrected chi connectivity index (χ0v) is 61.2. The van der Waals surface area contributed by atoms with E-state index in [1.807, 2.05) is 6.08 Å². The van der Waals surface area contributed by atoms with Crippen LogP contribution in [-0.2, 0) is 57.3 Å². The molecule has 25 nitrogen and oxygen atoms in total. The zero-order valence-electron chi connectivity index (χ0n) is 58.4. The van der Waals surface area contributed by atoms with Crippen LogP contribution in [0.15, 0.2) is 61.3 Å². The van der Waals surface area contributed by atoms with Crippen molar-refractivity contribution in [3.63, 3.8) is 0 Å². The molecule has 5 rings (SSSR count). The van der Waals surface area contributed by atoms with E-state index in [9.17, 15) is 83.8 Å². The monoisotopic (exact) mass is 1430 g/mol. The van der Waals surface area contributed by atoms with Gasteiger partial charge in [0.05, 0.1) is 86.5 Å². The van der Waals surface area contributed by atoms with Gasteiger partial charge in [-0.25, -0.2) is 8.42 Å². The van der Waals surface area contributed by atoms with Gasteiger partial charge in [-0.05, 0) is 128 Å². The zero-order chi connectivity index (χ0) is 71.2. The normalized spacial score (nSPS) is 31.9. The molecular formula is C71H119NaO25S. The van der Waals surface area contributed by atoms with E-state index in [0.29, 0.717) is 49.1 Å². The molecule has 27 heteroatoms. The van der Waals surface area contributed by atoms with Gasteiger partial charge in [-0.3, -0.25) is 13.8 Å². The third kappa shape index (κ3) is 33.9. The third-order valence-corrected chi connectivity index (χ3v) is 19.4. The van der Waals surface area contributed by atoms with Crippen LogP contribution in [0, 0.1) is 11.8 Å². The summed E-state index contributed by atoms with van der Waals surface area (Å²) in [6.07, 6.45) is 5.76. The van der Waals surface area contributed by atoms with E-state index in [-0.39, 0.29) is 86.7 Å². The quantitative estimate of drug-likeness (QED) is 0.0104. The molecule has 5 heterocycles. The summed E-state index contributed by atoms with van der Waals surface area (Å²) in [6, 6.07) is 0. The Kier molecular flexibility index (Phi) is 42.3. The van der Waals surface area contributed by atoms with Gasteiger partial charge in [0.25, 0.3) is 0 Å². The van der Waals surface area contributed by atoms with Crippen LogP contribution in [0.3, 0.4) is 0 Å². The fourth-order valence-corrected chi connectivity index (χ4v) is 13.5. The van der Waals surface area contributed by atoms with Crippen molar-refractivity contribution in [2.75, 3.05) is 13.2 Å². The first-order chi connectivity index (χ1) is 46.2. The van der Waals surface area contributed by atoms with E-state index in [4.69, 9.17) is 33.2 Å². The summed E-state index contributed by atoms with van der Waals surface area (Å²) in [4.78, 5) is 26.4. The van der Waals surface area contributed by atoms with Gasteiger partial charge in [0.15, 0.2) is 12.6 Å². The average molecular weight is 1430 g/mol. The second kappa shape index (κ2) is 46.9. The number of hydrogen-bond acceptors (Lipinski definition) is 25. The summed E-state index contributed by atoms with van der Waals surface area (Å²) in [5.41, 5.74) is 1.28. The predicted octanol–water partition coefficient (Wildman–Crippen LogP) is 2.11. The fourth-order valence-electron chi connectivity index (χ4n) is 13.0. The van der Waals surface area contributed by atoms with Gasteiger partial charge in [0.2, 0.25) is 10.4 Å². The first-order valence-electron chi connectivity index (χ1n) is 35.7. The molecule has 25 atom stereocenters. The number of ether oxygens (including phenoxy) is 7. The Hall–Kier alpha value is -1.85. The molecular weight excluding hydrogens is 1310 g/mol. The molecule has 0 aromatic carbocycles. The number of allylic oxidation sites excluding steroid dienone is 7. The summed E-state index contributed by atoms with van der Waals surface area (Å²) < 4.78 is 78.8. The molecule has 5 saturated heterocycles. The van der Waals surface area contributed by atoms with Gasteiger partial charge in [-0.1, -0.05) is 101 Å². The number of epoxide rings is 2. The maximum atomic E-state index is 13.2. The van der Waals surface area contributed by atoms with E-state index in [1.54, 1.807) is 0 Å². The Bertz CT molecular complexity index is 2470. The number of ketones is 2. The summed E-state index contributed by atoms with van der Waals surface area (Å²) in [5.74, 6) is 0.393. The Morgan fingerprint density at radius 2 is 1.23 bits per heavy atom. The molecule has 98 heavy (non-hydrogen) atoms. The standard InChI is InChI=1S/C71H120O25S.Na/c1-6-7-30-56-59(92-56)36-46(4)32-35-57-55(91-57)31-20-14-12-10-8-9-11-13-17-23-44(2)25-21-26-45(3)24-18-15-16-19-27-48(74)28-22-29-52(90-71-68(85)66(83)64(81)62(95-71)43-89-70-67(84)65(82)63(80)61(42-72)94-70)40-51(77)39-50(76)38-49(75)33-34-53(78)58-41-54(79)69(96-97(86,87)88)60(93-58)37-47(5)73;/h6,8,10,13,17,21,25,44-45,47,49,51-73,75,77-85H,1,4,7,9,11-12,14-16,18-20,22-24,26-43H2,2-3,5H3,(H,86,87,88);/q;+1/p-1/b10-8+,17-13+,25-21+;/t44?,45?,47?,49?,51?,52?,53-,54-,55?,56?,57?,58-,59?,60+,61+,62+,63+,64+,65-,66-,67+,68+,69-,70+,71+;/m0./s1. The van der Waals surface area contributed by atoms with Crippen molar-refractivity contribution in [1.82, 2.24) is 0 Å². The molecule has 0 saturated carbocycles. The second-order valence-corrected chi connectivity index (χ2v) is 29.0. The molecule has 0 bridgehead atoms. The smallest absolute Gasteiger partial charge is 0.726 e. The van der Waals surface area contributed by atoms with Crippen molar-refractivity contribution < 1.29 is 151 Å². The molecule has 0 radical (unpaired) electrons. The van der Waals surface area contributed by atoms with E-state index in [2.05, 4.69) is 67.6 Å². The van der Waals surface area contributed by atoms with E-state index < -0.39 is 159 Å². The molecule has 0 spiro atoms. The average Bonchev–Trinajstić information content (AvgIpc) is 1.31. The summed E-state index contributed by atoms with van der Waals surface area (Å²) in [6.45, 7) is 12.5. The minimum absolute atomic E-state index is 0. The van der Waals surface area contributed by atoms with Crippen molar-refractivity contribution in [1.29, 1.82) is 0 Å². The van der Waals surface area contributed by atoms with Crippen LogP contribution in [0.4, 0.5) is 0 Å². The number of carbonyl (C=O) groups excluding carboxylic acids is 2. The maximum Gasteiger partial charge on any atom is 1.00 e. The third-order valence-electron chi connectivity index (χ3n) is 19.0. The van der Waals surface area contributed by atoms with Gasteiger partial charge in [0.1, 0.15) is 66.5 Å². The molecule has 0 aliphatic carbocycles. The fraction of sp³-hybridized carbons (Fsp3) is 0.831. The summed E-state index contributed by atoms with van der Waals surface area (Å²) in [7, 11) is -5.27. The van der Waals surface area contributed by atoms with Gasteiger partial charge >= 0.3 is 29.6 Å². The first kappa shape index (κ1) is 88.5. The van der Waals surface area contributed by atoms with Crippen LogP contribution < -0.4 is 29.6 Å². The van der Waals surface area contributed by atoms with Crippen LogP contribution in [0.5, 0.6) is 0 Å². The van der Waals surface area contributed by atoms with E-state index >= 15 is 0 Å². The molecule has 0 amide bonds. The molecule has 0 aromatic heterocycles. The predicted molar refractivity (Wildman–Crippen MR) is 357 cm³/mol. The van der Waals surface area contributed by atoms with Crippen LogP contribution in [0.1, 0.15) is 207 Å². The summed E-state index contributed by atoms with van der Waals surface area (Å²) in [5, 5.41) is 127. The van der Waals surface area contributed by atoms with Crippen molar-refractivity contribution in [2.24, 2.45) is 11.8 Å². The van der Waals surface area contributed by atoms with Crippen LogP contribution in [0.2, 0.25) is 0 Å². The van der Waals surface area contributed by atoms with Crippen molar-refractivity contribution in [2.45, 2.75) is 348 Å². The number of rotatable bonds is 52. The SMILES string of the molecule is C=CCCC1OC1CC(=C)CCC1OC1CCCC/C=C/CC/C=C/CC(C)/C=C/CC(C)CCCCCCC(=O)CCCC(CC(O)CC(=O)CC(O)CC[C@H](O)[C@@H]1C[C@H](O)[C@H](OS(=O)(=O)[O-])[C@@H](CC(C)O)O1)O[C@@H]1O[C@H](CO[C@@H]2O[C@H](CO)[C@@H](O)[C@H](O)[C@H]2O)[C@@H](O)[C@H](O)[C@H]1O.[Na+]. The Morgan fingerprint density at radius 3 is 1.94 bits per heavy atom. The molecule has 12 N–H and O–H groups in total. The number of carbonyl (C=O) groups is 2. The number of unbranched alkanes of at least 4 members (excludes halogenated alkanes) is 6. The van der Waals surface area contributed by atoms with Crippen molar-refractivity contribution in [3.05, 3.63) is 61.3 Å². The minimum Gasteiger partial charge on any atom is -0.726 e. The van der Waals surface area contributed by atoms with Crippen molar-refractivity contribution >= 4 is 22.0 Å². The molecule has 10 unspecified atom stereocenters. The van der Waals surface area contributed by atoms with Crippen LogP contribution >= 0.6 is 0 Å². The number of hydrogen-bond donors (Lipinski definition) is 12. The van der Waals surface area contributed by atoms with Gasteiger partial charge < -0.3 is 99.0 Å². The minimum atomic E-state index is -5.27. The van der Waals surface area contributed by atoms with E-state index in [0.717, 1.165) is 96.3 Å². The van der Waals surface area contributed by atoms with Gasteiger partial charge in [0, 0.05) is 44.9 Å². The van der Waals surface area contributed by atoms with E-state index in [1.165, 1.54) is 25.3 Å². The van der Waals surface area contributed by atoms with Gasteiger partial charge in [-0.2, -0.15) is 0 Å². The summed E-state index contributed by atoms with van der Waals surface area (Å²) >= 11 is 0.